The van der Waals surface area contributed by atoms with E-state index in [0.29, 0.717) is 18.7 Å². The number of nitrogens with one attached hydrogen (secondary N) is 2. The van der Waals surface area contributed by atoms with Crippen LogP contribution in [0.3, 0.4) is 0 Å². The predicted molar refractivity (Wildman–Crippen MR) is 79.7 cm³/mol. The number of halogens is 2. The van der Waals surface area contributed by atoms with E-state index in [2.05, 4.69) is 10.6 Å². The molecule has 0 radical (unpaired) electrons. The van der Waals surface area contributed by atoms with Crippen LogP contribution < -0.4 is 10.6 Å². The predicted octanol–water partition coefficient (Wildman–Crippen LogP) is 1.05. The van der Waals surface area contributed by atoms with Crippen molar-refractivity contribution in [1.82, 2.24) is 10.6 Å². The number of sulfone groups is 1. The largest absolute Gasteiger partial charge is 0.349 e. The third kappa shape index (κ3) is 4.15. The van der Waals surface area contributed by atoms with Gasteiger partial charge < -0.3 is 10.6 Å². The lowest BCUT2D eigenvalue weighted by Crippen LogP contribution is -2.51. The summed E-state index contributed by atoms with van der Waals surface area (Å²) in [5, 5.41) is 5.79. The Morgan fingerprint density at radius 3 is 2.48 bits per heavy atom. The molecule has 1 aliphatic rings. The summed E-state index contributed by atoms with van der Waals surface area (Å²) in [4.78, 5) is 11.4. The van der Waals surface area contributed by atoms with E-state index in [1.54, 1.807) is 6.92 Å². The second kappa shape index (κ2) is 6.72. The minimum atomic E-state index is -3.58. The Hall–Kier alpha value is -1.18. The van der Waals surface area contributed by atoms with Gasteiger partial charge in [0.05, 0.1) is 12.0 Å². The molecule has 1 atom stereocenters. The van der Waals surface area contributed by atoms with Gasteiger partial charge in [0.15, 0.2) is 9.84 Å². The molecule has 8 heteroatoms. The van der Waals surface area contributed by atoms with Gasteiger partial charge in [-0.25, -0.2) is 12.8 Å². The topological polar surface area (TPSA) is 75.3 Å². The van der Waals surface area contributed by atoms with Gasteiger partial charge in [0.2, 0.25) is 5.91 Å². The minimum Gasteiger partial charge on any atom is -0.349 e. The van der Waals surface area contributed by atoms with Gasteiger partial charge in [-0.3, -0.25) is 4.79 Å². The van der Waals surface area contributed by atoms with Crippen LogP contribution in [0, 0.1) is 11.7 Å². The van der Waals surface area contributed by atoms with Crippen molar-refractivity contribution in [3.8, 4) is 0 Å². The zero-order valence-electron chi connectivity index (χ0n) is 11.7. The van der Waals surface area contributed by atoms with Gasteiger partial charge in [-0.15, -0.1) is 12.4 Å². The van der Waals surface area contributed by atoms with E-state index < -0.39 is 15.7 Å². The van der Waals surface area contributed by atoms with Crippen LogP contribution >= 0.6 is 12.4 Å². The summed E-state index contributed by atoms with van der Waals surface area (Å²) in [5.41, 5.74) is 0.538. The standard InChI is InChI=1S/C13H17FN2O3S.ClH/c1-8(16-13(17)10-6-15-7-10)9-3-4-12(11(14)5-9)20(2,18)19;/h3-5,8,10,15H,6-7H2,1-2H3,(H,16,17);1H. The Morgan fingerprint density at radius 1 is 1.43 bits per heavy atom. The average Bonchev–Trinajstić information content (AvgIpc) is 2.24. The van der Waals surface area contributed by atoms with E-state index in [-0.39, 0.29) is 35.2 Å². The summed E-state index contributed by atoms with van der Waals surface area (Å²) < 4.78 is 36.4. The maximum atomic E-state index is 13.8. The van der Waals surface area contributed by atoms with Crippen molar-refractivity contribution in [2.75, 3.05) is 19.3 Å². The molecular weight excluding hydrogens is 319 g/mol. The smallest absolute Gasteiger partial charge is 0.226 e. The van der Waals surface area contributed by atoms with Crippen LogP contribution in [0.15, 0.2) is 23.1 Å². The molecule has 0 spiro atoms. The first-order valence-corrected chi connectivity index (χ1v) is 8.19. The number of hydrogen-bond acceptors (Lipinski definition) is 4. The van der Waals surface area contributed by atoms with Crippen LogP contribution in [0.1, 0.15) is 18.5 Å². The molecule has 0 aliphatic carbocycles. The molecular formula is C13H18ClFN2O3S. The summed E-state index contributed by atoms with van der Waals surface area (Å²) in [6.45, 7) is 3.04. The van der Waals surface area contributed by atoms with Gasteiger partial charge in [0.25, 0.3) is 0 Å². The molecule has 1 unspecified atom stereocenters. The van der Waals surface area contributed by atoms with Crippen molar-refractivity contribution in [1.29, 1.82) is 0 Å². The van der Waals surface area contributed by atoms with E-state index in [9.17, 15) is 17.6 Å². The van der Waals surface area contributed by atoms with E-state index >= 15 is 0 Å². The van der Waals surface area contributed by atoms with Gasteiger partial charge >= 0.3 is 0 Å². The van der Waals surface area contributed by atoms with E-state index in [1.807, 2.05) is 0 Å². The number of carbonyl (C=O) groups excluding carboxylic acids is 1. The minimum absolute atomic E-state index is 0. The lowest BCUT2D eigenvalue weighted by atomic mass is 10.0. The molecule has 1 saturated heterocycles. The maximum Gasteiger partial charge on any atom is 0.226 e. The van der Waals surface area contributed by atoms with Crippen molar-refractivity contribution < 1.29 is 17.6 Å². The summed E-state index contributed by atoms with van der Waals surface area (Å²) in [6.07, 6.45) is 0.958. The lowest BCUT2D eigenvalue weighted by molar-refractivity contribution is -0.127. The molecule has 1 fully saturated rings. The zero-order chi connectivity index (χ0) is 14.9. The number of benzene rings is 1. The molecule has 2 N–H and O–H groups in total. The van der Waals surface area contributed by atoms with E-state index in [1.165, 1.54) is 12.1 Å². The van der Waals surface area contributed by atoms with Gasteiger partial charge in [0.1, 0.15) is 10.7 Å². The number of hydrogen-bond donors (Lipinski definition) is 2. The molecule has 0 bridgehead atoms. The SMILES string of the molecule is CC(NC(=O)C1CNC1)c1ccc(S(C)(=O)=O)c(F)c1.Cl. The molecule has 21 heavy (non-hydrogen) atoms. The van der Waals surface area contributed by atoms with Crippen LogP contribution in [0.4, 0.5) is 4.39 Å². The zero-order valence-corrected chi connectivity index (χ0v) is 13.4. The lowest BCUT2D eigenvalue weighted by Gasteiger charge is -2.27. The Bertz CT molecular complexity index is 632. The highest BCUT2D eigenvalue weighted by Gasteiger charge is 2.26. The fourth-order valence-electron chi connectivity index (χ4n) is 1.98. The highest BCUT2D eigenvalue weighted by Crippen LogP contribution is 2.20. The summed E-state index contributed by atoms with van der Waals surface area (Å²) >= 11 is 0. The second-order valence-corrected chi connectivity index (χ2v) is 7.03. The molecule has 1 aromatic rings. The fraction of sp³-hybridized carbons (Fsp3) is 0.462. The third-order valence-corrected chi connectivity index (χ3v) is 4.50. The third-order valence-electron chi connectivity index (χ3n) is 3.37. The van der Waals surface area contributed by atoms with Crippen LogP contribution in [-0.4, -0.2) is 33.7 Å². The van der Waals surface area contributed by atoms with E-state index in [0.717, 1.165) is 12.3 Å². The maximum absolute atomic E-state index is 13.8. The number of carbonyl (C=O) groups is 1. The molecule has 118 valence electrons. The van der Waals surface area contributed by atoms with Crippen molar-refractivity contribution >= 4 is 28.2 Å². The Morgan fingerprint density at radius 2 is 2.05 bits per heavy atom. The normalized spacial score (nSPS) is 16.5. The summed E-state index contributed by atoms with van der Waals surface area (Å²) in [7, 11) is -3.58. The highest BCUT2D eigenvalue weighted by molar-refractivity contribution is 7.90. The fourth-order valence-corrected chi connectivity index (χ4v) is 2.70. The highest BCUT2D eigenvalue weighted by atomic mass is 35.5. The monoisotopic (exact) mass is 336 g/mol. The molecule has 1 amide bonds. The van der Waals surface area contributed by atoms with Crippen molar-refractivity contribution in [2.45, 2.75) is 17.9 Å². The van der Waals surface area contributed by atoms with Gasteiger partial charge in [-0.05, 0) is 24.6 Å². The summed E-state index contributed by atoms with van der Waals surface area (Å²) in [5.74, 6) is -0.919. The van der Waals surface area contributed by atoms with Gasteiger partial charge in [-0.1, -0.05) is 6.07 Å². The van der Waals surface area contributed by atoms with Gasteiger partial charge in [0, 0.05) is 19.3 Å². The van der Waals surface area contributed by atoms with Crippen LogP contribution in [0.5, 0.6) is 0 Å². The Labute approximate surface area is 129 Å². The van der Waals surface area contributed by atoms with Crippen LogP contribution in [-0.2, 0) is 14.6 Å². The molecule has 0 aromatic heterocycles. The van der Waals surface area contributed by atoms with Crippen LogP contribution in [0.2, 0.25) is 0 Å². The molecule has 5 nitrogen and oxygen atoms in total. The van der Waals surface area contributed by atoms with Crippen LogP contribution in [0.25, 0.3) is 0 Å². The molecule has 0 saturated carbocycles. The first-order chi connectivity index (χ1) is 9.29. The molecule has 2 rings (SSSR count). The van der Waals surface area contributed by atoms with Gasteiger partial charge in [-0.2, -0.15) is 0 Å². The second-order valence-electron chi connectivity index (χ2n) is 5.05. The van der Waals surface area contributed by atoms with Crippen molar-refractivity contribution in [3.63, 3.8) is 0 Å². The quantitative estimate of drug-likeness (QED) is 0.861. The Kier molecular flexibility index (Phi) is 5.72. The van der Waals surface area contributed by atoms with Crippen molar-refractivity contribution in [2.24, 2.45) is 5.92 Å². The number of rotatable bonds is 4. The average molecular weight is 337 g/mol. The van der Waals surface area contributed by atoms with E-state index in [4.69, 9.17) is 0 Å². The first kappa shape index (κ1) is 17.9. The first-order valence-electron chi connectivity index (χ1n) is 6.29. The summed E-state index contributed by atoms with van der Waals surface area (Å²) in [6, 6.07) is 3.53. The molecule has 1 aromatic carbocycles. The molecule has 1 aliphatic heterocycles. The number of amides is 1. The Balaban J connectivity index is 0.00000220. The van der Waals surface area contributed by atoms with Crippen molar-refractivity contribution in [3.05, 3.63) is 29.6 Å². The molecule has 1 heterocycles.